The highest BCUT2D eigenvalue weighted by molar-refractivity contribution is 9.10. The van der Waals surface area contributed by atoms with Crippen molar-refractivity contribution < 1.29 is 4.92 Å². The summed E-state index contributed by atoms with van der Waals surface area (Å²) in [5, 5.41) is 10.6. The van der Waals surface area contributed by atoms with Gasteiger partial charge in [0.2, 0.25) is 0 Å². The van der Waals surface area contributed by atoms with Crippen LogP contribution in [0.4, 0.5) is 5.69 Å². The minimum atomic E-state index is -0.462. The summed E-state index contributed by atoms with van der Waals surface area (Å²) in [7, 11) is 0. The van der Waals surface area contributed by atoms with Crippen LogP contribution >= 0.6 is 15.9 Å². The maximum absolute atomic E-state index is 10.6. The second kappa shape index (κ2) is 4.63. The van der Waals surface area contributed by atoms with E-state index in [2.05, 4.69) is 20.9 Å². The van der Waals surface area contributed by atoms with Gasteiger partial charge in [-0.25, -0.2) is 4.98 Å². The molecule has 4 nitrogen and oxygen atoms in total. The molecule has 0 radical (unpaired) electrons. The number of hydrogen-bond donors (Lipinski definition) is 0. The van der Waals surface area contributed by atoms with E-state index in [0.717, 1.165) is 11.1 Å². The van der Waals surface area contributed by atoms with Crippen molar-refractivity contribution in [3.63, 3.8) is 0 Å². The van der Waals surface area contributed by atoms with Crippen LogP contribution in [0.15, 0.2) is 41.0 Å². The van der Waals surface area contributed by atoms with E-state index in [9.17, 15) is 10.1 Å². The smallest absolute Gasteiger partial charge is 0.258 e. The van der Waals surface area contributed by atoms with Crippen molar-refractivity contribution in [3.8, 4) is 11.3 Å². The molecule has 0 fully saturated rings. The molecule has 0 spiro atoms. The van der Waals surface area contributed by atoms with Crippen molar-refractivity contribution in [1.29, 1.82) is 0 Å². The molecule has 0 aliphatic heterocycles. The van der Waals surface area contributed by atoms with Gasteiger partial charge in [-0.1, -0.05) is 29.8 Å². The predicted molar refractivity (Wildman–Crippen MR) is 68.8 cm³/mol. The average molecular weight is 293 g/mol. The van der Waals surface area contributed by atoms with E-state index in [1.165, 1.54) is 6.07 Å². The van der Waals surface area contributed by atoms with Crippen molar-refractivity contribution in [2.75, 3.05) is 0 Å². The molecule has 2 aromatic rings. The second-order valence-electron chi connectivity index (χ2n) is 3.63. The van der Waals surface area contributed by atoms with Crippen molar-refractivity contribution in [2.24, 2.45) is 0 Å². The van der Waals surface area contributed by atoms with Crippen molar-refractivity contribution in [1.82, 2.24) is 4.98 Å². The molecule has 0 bridgehead atoms. The summed E-state index contributed by atoms with van der Waals surface area (Å²) in [5.74, 6) is 0. The summed E-state index contributed by atoms with van der Waals surface area (Å²) < 4.78 is 0.251. The molecule has 0 aliphatic rings. The molecule has 5 heteroatoms. The molecular formula is C12H9BrN2O2. The Morgan fingerprint density at radius 2 is 1.82 bits per heavy atom. The molecule has 2 rings (SSSR count). The van der Waals surface area contributed by atoms with E-state index < -0.39 is 4.92 Å². The highest BCUT2D eigenvalue weighted by Crippen LogP contribution is 2.26. The third-order valence-corrected chi connectivity index (χ3v) is 2.96. The van der Waals surface area contributed by atoms with Crippen molar-refractivity contribution in [3.05, 3.63) is 56.7 Å². The standard InChI is InChI=1S/C12H9BrN2O2/c1-8-2-4-9(5-3-8)10-6-7-11(15(16)17)12(13)14-10/h2-7H,1H3. The van der Waals surface area contributed by atoms with Crippen LogP contribution in [0.3, 0.4) is 0 Å². The van der Waals surface area contributed by atoms with Crippen LogP contribution in [-0.2, 0) is 0 Å². The summed E-state index contributed by atoms with van der Waals surface area (Å²) in [6.45, 7) is 2.00. The van der Waals surface area contributed by atoms with Gasteiger partial charge in [-0.3, -0.25) is 10.1 Å². The summed E-state index contributed by atoms with van der Waals surface area (Å²) in [4.78, 5) is 14.4. The number of aryl methyl sites for hydroxylation is 1. The van der Waals surface area contributed by atoms with Gasteiger partial charge in [0.25, 0.3) is 0 Å². The summed E-state index contributed by atoms with van der Waals surface area (Å²) >= 11 is 3.11. The largest absolute Gasteiger partial charge is 0.301 e. The predicted octanol–water partition coefficient (Wildman–Crippen LogP) is 3.73. The average Bonchev–Trinajstić information content (AvgIpc) is 2.29. The summed E-state index contributed by atoms with van der Waals surface area (Å²) in [5.41, 5.74) is 2.78. The Labute approximate surface area is 107 Å². The van der Waals surface area contributed by atoms with Gasteiger partial charge in [-0.15, -0.1) is 0 Å². The molecule has 17 heavy (non-hydrogen) atoms. The Balaban J connectivity index is 2.44. The lowest BCUT2D eigenvalue weighted by atomic mass is 10.1. The number of benzene rings is 1. The quantitative estimate of drug-likeness (QED) is 0.481. The fourth-order valence-corrected chi connectivity index (χ4v) is 1.92. The number of rotatable bonds is 2. The van der Waals surface area contributed by atoms with E-state index in [4.69, 9.17) is 0 Å². The maximum atomic E-state index is 10.6. The first-order valence-corrected chi connectivity index (χ1v) is 5.75. The Kier molecular flexibility index (Phi) is 3.19. The van der Waals surface area contributed by atoms with E-state index in [1.807, 2.05) is 31.2 Å². The van der Waals surface area contributed by atoms with Crippen LogP contribution in [0, 0.1) is 17.0 Å². The monoisotopic (exact) mass is 292 g/mol. The number of aromatic nitrogens is 1. The molecule has 0 aliphatic carbocycles. The Morgan fingerprint density at radius 3 is 2.35 bits per heavy atom. The lowest BCUT2D eigenvalue weighted by molar-refractivity contribution is -0.386. The summed E-state index contributed by atoms with van der Waals surface area (Å²) in [6.07, 6.45) is 0. The van der Waals surface area contributed by atoms with E-state index in [1.54, 1.807) is 6.07 Å². The van der Waals surface area contributed by atoms with Gasteiger partial charge < -0.3 is 0 Å². The van der Waals surface area contributed by atoms with E-state index in [0.29, 0.717) is 5.69 Å². The van der Waals surface area contributed by atoms with Gasteiger partial charge >= 0.3 is 5.69 Å². The molecule has 0 atom stereocenters. The number of nitrogens with zero attached hydrogens (tertiary/aromatic N) is 2. The highest BCUT2D eigenvalue weighted by Gasteiger charge is 2.13. The molecule has 86 valence electrons. The SMILES string of the molecule is Cc1ccc(-c2ccc([N+](=O)[O-])c(Br)n2)cc1. The van der Waals surface area contributed by atoms with Gasteiger partial charge in [0, 0.05) is 11.6 Å². The summed E-state index contributed by atoms with van der Waals surface area (Å²) in [6, 6.07) is 10.9. The van der Waals surface area contributed by atoms with Crippen LogP contribution < -0.4 is 0 Å². The number of nitro groups is 1. The molecule has 0 amide bonds. The minimum absolute atomic E-state index is 0.0270. The number of halogens is 1. The fourth-order valence-electron chi connectivity index (χ4n) is 1.45. The zero-order valence-corrected chi connectivity index (χ0v) is 10.6. The van der Waals surface area contributed by atoms with E-state index >= 15 is 0 Å². The molecule has 0 saturated heterocycles. The Hall–Kier alpha value is -1.75. The zero-order chi connectivity index (χ0) is 12.4. The van der Waals surface area contributed by atoms with Crippen LogP contribution in [0.5, 0.6) is 0 Å². The maximum Gasteiger partial charge on any atom is 0.301 e. The lowest BCUT2D eigenvalue weighted by Crippen LogP contribution is -1.93. The molecule has 0 saturated carbocycles. The van der Waals surface area contributed by atoms with Crippen LogP contribution in [0.25, 0.3) is 11.3 Å². The zero-order valence-electron chi connectivity index (χ0n) is 9.05. The van der Waals surface area contributed by atoms with Crippen LogP contribution in [0.2, 0.25) is 0 Å². The molecule has 0 unspecified atom stereocenters. The third kappa shape index (κ3) is 2.50. The minimum Gasteiger partial charge on any atom is -0.258 e. The molecule has 1 aromatic carbocycles. The second-order valence-corrected chi connectivity index (χ2v) is 4.38. The van der Waals surface area contributed by atoms with Crippen molar-refractivity contribution >= 4 is 21.6 Å². The molecular weight excluding hydrogens is 284 g/mol. The van der Waals surface area contributed by atoms with Gasteiger partial charge in [-0.05, 0) is 28.9 Å². The number of pyridine rings is 1. The van der Waals surface area contributed by atoms with E-state index in [-0.39, 0.29) is 10.3 Å². The third-order valence-electron chi connectivity index (χ3n) is 2.37. The molecule has 1 heterocycles. The lowest BCUT2D eigenvalue weighted by Gasteiger charge is -2.02. The van der Waals surface area contributed by atoms with Gasteiger partial charge in [-0.2, -0.15) is 0 Å². The molecule has 1 aromatic heterocycles. The first-order chi connectivity index (χ1) is 8.08. The van der Waals surface area contributed by atoms with Crippen LogP contribution in [0.1, 0.15) is 5.56 Å². The highest BCUT2D eigenvalue weighted by atomic mass is 79.9. The fraction of sp³-hybridized carbons (Fsp3) is 0.0833. The Morgan fingerprint density at radius 1 is 1.18 bits per heavy atom. The topological polar surface area (TPSA) is 56.0 Å². The molecule has 0 N–H and O–H groups in total. The first-order valence-electron chi connectivity index (χ1n) is 4.96. The van der Waals surface area contributed by atoms with Gasteiger partial charge in [0.1, 0.15) is 0 Å². The number of hydrogen-bond acceptors (Lipinski definition) is 3. The first kappa shape index (κ1) is 11.7. The van der Waals surface area contributed by atoms with Gasteiger partial charge in [0.05, 0.1) is 10.6 Å². The Bertz CT molecular complexity index is 567. The normalized spacial score (nSPS) is 10.2. The van der Waals surface area contributed by atoms with Crippen LogP contribution in [-0.4, -0.2) is 9.91 Å². The van der Waals surface area contributed by atoms with Gasteiger partial charge in [0.15, 0.2) is 4.60 Å². The van der Waals surface area contributed by atoms with Crippen molar-refractivity contribution in [2.45, 2.75) is 6.92 Å².